The molecule has 1 atom stereocenters. The molecular formula is C13H17BrFNO. The molecule has 0 amide bonds. The predicted molar refractivity (Wildman–Crippen MR) is 70.6 cm³/mol. The number of carbonyl (C=O) groups excluding carboxylic acids is 1. The third-order valence-electron chi connectivity index (χ3n) is 2.58. The topological polar surface area (TPSA) is 29.1 Å². The lowest BCUT2D eigenvalue weighted by atomic mass is 10.1. The maximum absolute atomic E-state index is 13.1. The van der Waals surface area contributed by atoms with Crippen molar-refractivity contribution in [2.24, 2.45) is 0 Å². The van der Waals surface area contributed by atoms with Gasteiger partial charge in [0.1, 0.15) is 5.82 Å². The summed E-state index contributed by atoms with van der Waals surface area (Å²) >= 11 is 3.21. The lowest BCUT2D eigenvalue weighted by Crippen LogP contribution is -2.31. The van der Waals surface area contributed by atoms with Crippen LogP contribution in [-0.4, -0.2) is 18.4 Å². The molecule has 0 fully saturated rings. The summed E-state index contributed by atoms with van der Waals surface area (Å²) in [5.41, 5.74) is 0.702. The Morgan fingerprint density at radius 3 is 2.76 bits per heavy atom. The molecule has 94 valence electrons. The van der Waals surface area contributed by atoms with Gasteiger partial charge in [-0.3, -0.25) is 4.79 Å². The Morgan fingerprint density at radius 2 is 2.18 bits per heavy atom. The van der Waals surface area contributed by atoms with Crippen molar-refractivity contribution in [3.63, 3.8) is 0 Å². The zero-order valence-electron chi connectivity index (χ0n) is 10.1. The summed E-state index contributed by atoms with van der Waals surface area (Å²) in [6, 6.07) is 4.87. The molecule has 1 N–H and O–H groups in total. The van der Waals surface area contributed by atoms with Crippen molar-refractivity contribution in [1.82, 2.24) is 5.32 Å². The first-order valence-electron chi connectivity index (χ1n) is 5.71. The summed E-state index contributed by atoms with van der Waals surface area (Å²) in [7, 11) is 0. The molecule has 1 aromatic rings. The van der Waals surface area contributed by atoms with Crippen LogP contribution in [0.3, 0.4) is 0 Å². The summed E-state index contributed by atoms with van der Waals surface area (Å²) in [6.07, 6.45) is 1.25. The van der Waals surface area contributed by atoms with E-state index in [1.165, 1.54) is 12.1 Å². The van der Waals surface area contributed by atoms with Gasteiger partial charge in [-0.05, 0) is 37.1 Å². The highest BCUT2D eigenvalue weighted by Crippen LogP contribution is 2.15. The van der Waals surface area contributed by atoms with Crippen LogP contribution in [0, 0.1) is 5.82 Å². The van der Waals surface area contributed by atoms with E-state index in [-0.39, 0.29) is 18.0 Å². The summed E-state index contributed by atoms with van der Waals surface area (Å²) in [5.74, 6) is -0.250. The molecule has 4 heteroatoms. The smallest absolute Gasteiger partial charge is 0.150 e. The zero-order chi connectivity index (χ0) is 12.8. The SMILES string of the molecule is CCC(C)NCC(=O)Cc1cc(F)cc(Br)c1. The van der Waals surface area contributed by atoms with E-state index >= 15 is 0 Å². The number of nitrogens with one attached hydrogen (secondary N) is 1. The Labute approximate surface area is 110 Å². The fourth-order valence-electron chi connectivity index (χ4n) is 1.44. The van der Waals surface area contributed by atoms with E-state index in [0.717, 1.165) is 6.42 Å². The van der Waals surface area contributed by atoms with Gasteiger partial charge in [0.05, 0.1) is 6.54 Å². The Bertz CT molecular complexity index is 375. The minimum Gasteiger partial charge on any atom is -0.307 e. The molecule has 17 heavy (non-hydrogen) atoms. The molecule has 1 rings (SSSR count). The summed E-state index contributed by atoms with van der Waals surface area (Å²) < 4.78 is 13.8. The van der Waals surface area contributed by atoms with Crippen molar-refractivity contribution in [3.05, 3.63) is 34.1 Å². The normalized spacial score (nSPS) is 12.5. The van der Waals surface area contributed by atoms with Gasteiger partial charge >= 0.3 is 0 Å². The standard InChI is InChI=1S/C13H17BrFNO/c1-3-9(2)16-8-13(17)6-10-4-11(14)7-12(15)5-10/h4-5,7,9,16H,3,6,8H2,1-2H3. The number of hydrogen-bond donors (Lipinski definition) is 1. The first kappa shape index (κ1) is 14.3. The Balaban J connectivity index is 2.50. The van der Waals surface area contributed by atoms with Crippen LogP contribution in [0.5, 0.6) is 0 Å². The largest absolute Gasteiger partial charge is 0.307 e. The fourth-order valence-corrected chi connectivity index (χ4v) is 1.95. The van der Waals surface area contributed by atoms with E-state index in [0.29, 0.717) is 22.6 Å². The minimum absolute atomic E-state index is 0.0720. The van der Waals surface area contributed by atoms with Gasteiger partial charge in [-0.2, -0.15) is 0 Å². The number of ketones is 1. The third-order valence-corrected chi connectivity index (χ3v) is 3.04. The number of rotatable bonds is 6. The second-order valence-corrected chi connectivity index (χ2v) is 5.10. The van der Waals surface area contributed by atoms with Gasteiger partial charge in [-0.25, -0.2) is 4.39 Å². The number of carbonyl (C=O) groups is 1. The van der Waals surface area contributed by atoms with Gasteiger partial charge in [0.15, 0.2) is 5.78 Å². The number of Topliss-reactive ketones (excluding diaryl/α,β-unsaturated/α-hetero) is 1. The van der Waals surface area contributed by atoms with Crippen LogP contribution in [-0.2, 0) is 11.2 Å². The molecule has 0 bridgehead atoms. The van der Waals surface area contributed by atoms with Crippen LogP contribution in [0.15, 0.2) is 22.7 Å². The molecule has 0 aliphatic rings. The van der Waals surface area contributed by atoms with Crippen molar-refractivity contribution in [2.75, 3.05) is 6.54 Å². The van der Waals surface area contributed by atoms with Crippen LogP contribution in [0.2, 0.25) is 0 Å². The summed E-state index contributed by atoms with van der Waals surface area (Å²) in [6.45, 7) is 4.43. The molecular weight excluding hydrogens is 285 g/mol. The number of hydrogen-bond acceptors (Lipinski definition) is 2. The molecule has 1 aromatic carbocycles. The van der Waals surface area contributed by atoms with E-state index in [1.54, 1.807) is 6.07 Å². The van der Waals surface area contributed by atoms with E-state index in [9.17, 15) is 9.18 Å². The second kappa shape index (κ2) is 6.87. The quantitative estimate of drug-likeness (QED) is 0.875. The molecule has 2 nitrogen and oxygen atoms in total. The van der Waals surface area contributed by atoms with E-state index in [4.69, 9.17) is 0 Å². The lowest BCUT2D eigenvalue weighted by Gasteiger charge is -2.10. The Morgan fingerprint density at radius 1 is 1.47 bits per heavy atom. The average Bonchev–Trinajstić information content (AvgIpc) is 2.24. The summed E-state index contributed by atoms with van der Waals surface area (Å²) in [5, 5.41) is 3.13. The Kier molecular flexibility index (Phi) is 5.78. The highest BCUT2D eigenvalue weighted by molar-refractivity contribution is 9.10. The molecule has 0 saturated heterocycles. The second-order valence-electron chi connectivity index (χ2n) is 4.18. The van der Waals surface area contributed by atoms with E-state index in [1.807, 2.05) is 6.92 Å². The summed E-state index contributed by atoms with van der Waals surface area (Å²) in [4.78, 5) is 11.7. The lowest BCUT2D eigenvalue weighted by molar-refractivity contribution is -0.117. The van der Waals surface area contributed by atoms with Gasteiger partial charge in [0.2, 0.25) is 0 Å². The van der Waals surface area contributed by atoms with Crippen LogP contribution in [0.4, 0.5) is 4.39 Å². The monoisotopic (exact) mass is 301 g/mol. The van der Waals surface area contributed by atoms with E-state index in [2.05, 4.69) is 28.2 Å². The minimum atomic E-state index is -0.322. The molecule has 0 radical (unpaired) electrons. The number of halogens is 2. The van der Waals surface area contributed by atoms with Gasteiger partial charge in [0, 0.05) is 16.9 Å². The highest BCUT2D eigenvalue weighted by atomic mass is 79.9. The third kappa shape index (κ3) is 5.41. The molecule has 0 aliphatic carbocycles. The fraction of sp³-hybridized carbons (Fsp3) is 0.462. The van der Waals surface area contributed by atoms with Crippen LogP contribution >= 0.6 is 15.9 Å². The first-order chi connectivity index (χ1) is 8.01. The van der Waals surface area contributed by atoms with Crippen molar-refractivity contribution in [2.45, 2.75) is 32.7 Å². The molecule has 0 spiro atoms. The zero-order valence-corrected chi connectivity index (χ0v) is 11.7. The number of benzene rings is 1. The molecule has 0 saturated carbocycles. The van der Waals surface area contributed by atoms with Gasteiger partial charge in [-0.15, -0.1) is 0 Å². The van der Waals surface area contributed by atoms with Crippen molar-refractivity contribution >= 4 is 21.7 Å². The average molecular weight is 302 g/mol. The first-order valence-corrected chi connectivity index (χ1v) is 6.50. The van der Waals surface area contributed by atoms with Gasteiger partial charge < -0.3 is 5.32 Å². The van der Waals surface area contributed by atoms with Gasteiger partial charge in [0.25, 0.3) is 0 Å². The van der Waals surface area contributed by atoms with Crippen LogP contribution < -0.4 is 5.32 Å². The predicted octanol–water partition coefficient (Wildman–Crippen LogP) is 3.09. The van der Waals surface area contributed by atoms with Crippen LogP contribution in [0.25, 0.3) is 0 Å². The van der Waals surface area contributed by atoms with Crippen molar-refractivity contribution < 1.29 is 9.18 Å². The Hall–Kier alpha value is -0.740. The van der Waals surface area contributed by atoms with E-state index < -0.39 is 0 Å². The van der Waals surface area contributed by atoms with Gasteiger partial charge in [-0.1, -0.05) is 22.9 Å². The highest BCUT2D eigenvalue weighted by Gasteiger charge is 2.07. The molecule has 0 heterocycles. The molecule has 0 aliphatic heterocycles. The van der Waals surface area contributed by atoms with Crippen LogP contribution in [0.1, 0.15) is 25.8 Å². The van der Waals surface area contributed by atoms with Crippen molar-refractivity contribution in [1.29, 1.82) is 0 Å². The molecule has 1 unspecified atom stereocenters. The van der Waals surface area contributed by atoms with Crippen molar-refractivity contribution in [3.8, 4) is 0 Å². The molecule has 0 aromatic heterocycles. The maximum atomic E-state index is 13.1. The maximum Gasteiger partial charge on any atom is 0.150 e.